The Morgan fingerprint density at radius 3 is 1.67 bits per heavy atom. The lowest BCUT2D eigenvalue weighted by atomic mass is 9.80. The molecule has 8 nitrogen and oxygen atoms in total. The van der Waals surface area contributed by atoms with E-state index in [0.717, 1.165) is 6.08 Å². The lowest BCUT2D eigenvalue weighted by molar-refractivity contribution is -0.264. The lowest BCUT2D eigenvalue weighted by Crippen LogP contribution is -2.69. The molecule has 0 aliphatic heterocycles. The minimum Gasteiger partial charge on any atom is -0.387 e. The molecular formula is C7H11NO7. The number of isocyanates is 1. The van der Waals surface area contributed by atoms with Gasteiger partial charge in [-0.3, -0.25) is 0 Å². The molecule has 0 radical (unpaired) electrons. The van der Waals surface area contributed by atoms with E-state index in [2.05, 4.69) is 4.99 Å². The highest BCUT2D eigenvalue weighted by atomic mass is 16.4. The Balaban J connectivity index is 3.11. The molecule has 0 spiro atoms. The molecule has 0 aromatic carbocycles. The van der Waals surface area contributed by atoms with Gasteiger partial charge in [-0.25, -0.2) is 4.79 Å². The molecule has 1 rings (SSSR count). The highest BCUT2D eigenvalue weighted by Crippen LogP contribution is 2.30. The Labute approximate surface area is 83.7 Å². The second-order valence-corrected chi connectivity index (χ2v) is 3.35. The molecule has 0 saturated heterocycles. The summed E-state index contributed by atoms with van der Waals surface area (Å²) in [6, 6.07) is 0. The number of hydrogen-bond donors (Lipinski definition) is 6. The van der Waals surface area contributed by atoms with E-state index in [1.165, 1.54) is 0 Å². The maximum atomic E-state index is 9.96. The minimum atomic E-state index is -2.78. The van der Waals surface area contributed by atoms with Crippen molar-refractivity contribution < 1.29 is 35.4 Å². The molecule has 8 heteroatoms. The summed E-state index contributed by atoms with van der Waals surface area (Å²) in [5.74, 6) is 0. The van der Waals surface area contributed by atoms with Crippen LogP contribution >= 0.6 is 0 Å². The number of aliphatic imine (C=N–C) groups is 1. The van der Waals surface area contributed by atoms with Crippen molar-refractivity contribution in [2.45, 2.75) is 36.2 Å². The average molecular weight is 221 g/mol. The smallest absolute Gasteiger partial charge is 0.238 e. The van der Waals surface area contributed by atoms with Crippen molar-refractivity contribution in [1.82, 2.24) is 0 Å². The van der Waals surface area contributed by atoms with Gasteiger partial charge in [0, 0.05) is 0 Å². The molecule has 0 aromatic rings. The van der Waals surface area contributed by atoms with E-state index in [4.69, 9.17) is 5.11 Å². The van der Waals surface area contributed by atoms with E-state index in [-0.39, 0.29) is 0 Å². The van der Waals surface area contributed by atoms with Crippen LogP contribution in [0.25, 0.3) is 0 Å². The van der Waals surface area contributed by atoms with E-state index in [1.54, 1.807) is 0 Å². The van der Waals surface area contributed by atoms with Gasteiger partial charge in [-0.2, -0.15) is 4.99 Å². The molecule has 6 N–H and O–H groups in total. The van der Waals surface area contributed by atoms with Gasteiger partial charge >= 0.3 is 0 Å². The molecule has 0 bridgehead atoms. The number of nitrogens with zero attached hydrogens (tertiary/aromatic N) is 1. The van der Waals surface area contributed by atoms with Crippen LogP contribution in [0.2, 0.25) is 0 Å². The quantitative estimate of drug-likeness (QED) is 0.194. The zero-order valence-corrected chi connectivity index (χ0v) is 7.43. The summed E-state index contributed by atoms with van der Waals surface area (Å²) in [4.78, 5) is 12.7. The van der Waals surface area contributed by atoms with Gasteiger partial charge < -0.3 is 30.6 Å². The van der Waals surface area contributed by atoms with Crippen LogP contribution in [-0.2, 0) is 4.79 Å². The molecule has 0 heterocycles. The second kappa shape index (κ2) is 3.95. The molecular weight excluding hydrogens is 210 g/mol. The first-order valence-electron chi connectivity index (χ1n) is 4.08. The van der Waals surface area contributed by atoms with Gasteiger partial charge in [0.15, 0.2) is 0 Å². The summed E-state index contributed by atoms with van der Waals surface area (Å²) in [5.41, 5.74) is -2.78. The average Bonchev–Trinajstić information content (AvgIpc) is 2.22. The van der Waals surface area contributed by atoms with Crippen LogP contribution in [0, 0.1) is 0 Å². The first kappa shape index (κ1) is 12.2. The first-order chi connectivity index (χ1) is 6.86. The summed E-state index contributed by atoms with van der Waals surface area (Å²) in [7, 11) is 0. The number of rotatable bonds is 1. The molecule has 86 valence electrons. The molecule has 1 aliphatic rings. The molecule has 1 saturated carbocycles. The van der Waals surface area contributed by atoms with Gasteiger partial charge in [-0.1, -0.05) is 0 Å². The topological polar surface area (TPSA) is 151 Å². The monoisotopic (exact) mass is 221 g/mol. The highest BCUT2D eigenvalue weighted by Gasteiger charge is 2.58. The van der Waals surface area contributed by atoms with Crippen LogP contribution < -0.4 is 0 Å². The molecule has 15 heavy (non-hydrogen) atoms. The third-order valence-corrected chi connectivity index (χ3v) is 2.44. The Morgan fingerprint density at radius 1 is 0.933 bits per heavy atom. The minimum absolute atomic E-state index is 0.896. The van der Waals surface area contributed by atoms with Crippen molar-refractivity contribution in [2.75, 3.05) is 0 Å². The second-order valence-electron chi connectivity index (χ2n) is 3.35. The third-order valence-electron chi connectivity index (χ3n) is 2.44. The van der Waals surface area contributed by atoms with Crippen molar-refractivity contribution in [3.63, 3.8) is 0 Å². The van der Waals surface area contributed by atoms with Gasteiger partial charge in [0.2, 0.25) is 11.8 Å². The van der Waals surface area contributed by atoms with Crippen LogP contribution in [0.4, 0.5) is 0 Å². The maximum Gasteiger partial charge on any atom is 0.238 e. The van der Waals surface area contributed by atoms with Gasteiger partial charge in [-0.15, -0.1) is 0 Å². The van der Waals surface area contributed by atoms with Gasteiger partial charge in [0.1, 0.15) is 30.5 Å². The summed E-state index contributed by atoms with van der Waals surface area (Å²) in [6.07, 6.45) is -9.04. The standard InChI is InChI=1S/C7H11NO7/c9-1-8-7(15)5(13)3(11)2(10)4(12)6(7)14/h2-6,10-15H/t2-,3-,4+,5-,6-,7-/m1/s1. The van der Waals surface area contributed by atoms with Crippen molar-refractivity contribution in [2.24, 2.45) is 4.99 Å². The summed E-state index contributed by atoms with van der Waals surface area (Å²) >= 11 is 0. The molecule has 1 aliphatic carbocycles. The van der Waals surface area contributed by atoms with Crippen molar-refractivity contribution in [3.05, 3.63) is 0 Å². The highest BCUT2D eigenvalue weighted by molar-refractivity contribution is 5.35. The number of aliphatic hydroxyl groups excluding tert-OH is 5. The fraction of sp³-hybridized carbons (Fsp3) is 0.857. The Morgan fingerprint density at radius 2 is 1.33 bits per heavy atom. The fourth-order valence-corrected chi connectivity index (χ4v) is 1.46. The predicted molar refractivity (Wildman–Crippen MR) is 43.1 cm³/mol. The Kier molecular flexibility index (Phi) is 3.22. The first-order valence-corrected chi connectivity index (χ1v) is 4.08. The zero-order valence-electron chi connectivity index (χ0n) is 7.43. The van der Waals surface area contributed by atoms with Crippen LogP contribution in [0.3, 0.4) is 0 Å². The largest absolute Gasteiger partial charge is 0.387 e. The van der Waals surface area contributed by atoms with E-state index < -0.39 is 36.2 Å². The summed E-state index contributed by atoms with van der Waals surface area (Å²) in [5, 5.41) is 55.5. The van der Waals surface area contributed by atoms with Crippen LogP contribution in [-0.4, -0.2) is 73.0 Å². The molecule has 0 amide bonds. The molecule has 0 aromatic heterocycles. The van der Waals surface area contributed by atoms with Gasteiger partial charge in [0.05, 0.1) is 0 Å². The van der Waals surface area contributed by atoms with E-state index in [9.17, 15) is 30.3 Å². The van der Waals surface area contributed by atoms with E-state index >= 15 is 0 Å². The van der Waals surface area contributed by atoms with E-state index in [0.29, 0.717) is 0 Å². The maximum absolute atomic E-state index is 9.96. The summed E-state index contributed by atoms with van der Waals surface area (Å²) < 4.78 is 0. The van der Waals surface area contributed by atoms with Gasteiger partial charge in [-0.05, 0) is 0 Å². The molecule has 6 atom stereocenters. The molecule has 1 fully saturated rings. The number of aliphatic hydroxyl groups is 6. The van der Waals surface area contributed by atoms with Crippen LogP contribution in [0.5, 0.6) is 0 Å². The van der Waals surface area contributed by atoms with Crippen molar-refractivity contribution in [1.29, 1.82) is 0 Å². The van der Waals surface area contributed by atoms with Crippen LogP contribution in [0.1, 0.15) is 0 Å². The van der Waals surface area contributed by atoms with Crippen molar-refractivity contribution >= 4 is 6.08 Å². The Bertz CT molecular complexity index is 273. The molecule has 0 unspecified atom stereocenters. The third kappa shape index (κ3) is 1.68. The normalized spacial score (nSPS) is 50.9. The SMILES string of the molecule is O=C=N[C@@]1(O)[C@H](O)[C@H](O)[C@@H](O)[C@H](O)[C@H]1O. The fourth-order valence-electron chi connectivity index (χ4n) is 1.46. The van der Waals surface area contributed by atoms with Gasteiger partial charge in [0.25, 0.3) is 0 Å². The summed E-state index contributed by atoms with van der Waals surface area (Å²) in [6.45, 7) is 0. The number of carbonyl (C=O) groups excluding carboxylic acids is 1. The van der Waals surface area contributed by atoms with Crippen molar-refractivity contribution in [3.8, 4) is 0 Å². The zero-order chi connectivity index (χ0) is 11.8. The van der Waals surface area contributed by atoms with E-state index in [1.807, 2.05) is 0 Å². The van der Waals surface area contributed by atoms with Crippen LogP contribution in [0.15, 0.2) is 4.99 Å². The lowest BCUT2D eigenvalue weighted by Gasteiger charge is -2.44. The Hall–Kier alpha value is -0.860. The predicted octanol–water partition coefficient (Wildman–Crippen LogP) is -4.17. The number of hydrogen-bond acceptors (Lipinski definition) is 8.